The third-order valence-corrected chi connectivity index (χ3v) is 7.85. The van der Waals surface area contributed by atoms with E-state index in [4.69, 9.17) is 9.94 Å². The Morgan fingerprint density at radius 2 is 2.02 bits per heavy atom. The summed E-state index contributed by atoms with van der Waals surface area (Å²) in [5.41, 5.74) is 4.69. The van der Waals surface area contributed by atoms with E-state index >= 15 is 0 Å². The smallest absolute Gasteiger partial charge is 0.436 e. The first kappa shape index (κ1) is 27.5. The van der Waals surface area contributed by atoms with Gasteiger partial charge in [0.15, 0.2) is 0 Å². The van der Waals surface area contributed by atoms with E-state index in [1.165, 1.54) is 16.5 Å². The van der Waals surface area contributed by atoms with Crippen LogP contribution >= 0.6 is 0 Å². The number of nitrogens with one attached hydrogen (secondary N) is 2. The molecule has 1 aliphatic rings. The summed E-state index contributed by atoms with van der Waals surface area (Å²) in [6.45, 7) is 1.94. The molecule has 3 N–H and O–H groups in total. The standard InChI is InChI=1S/C30H36N6O4/c1-31-16-26(27-17-33-28-11-10-22(14-25(27)28)18-35-20-32-19-34-35)23(13-21-7-3-2-4-8-21)15-24-9-5-6-12-36(24)40-30(39)29(37)38/h2-4,7-8,10-11,14,17,19-20,23-24,26,31,33H,5-6,9,12-13,15-16,18H2,1H3,(H,37,38). The molecule has 1 aliphatic heterocycles. The van der Waals surface area contributed by atoms with Gasteiger partial charge < -0.3 is 20.2 Å². The number of likely N-dealkylation sites (N-methyl/N-ethyl adjacent to an activating group) is 1. The molecule has 0 radical (unpaired) electrons. The normalized spacial score (nSPS) is 17.5. The molecule has 4 aromatic rings. The zero-order valence-corrected chi connectivity index (χ0v) is 22.7. The molecule has 0 amide bonds. The SMILES string of the molecule is CNCC(c1c[nH]c2ccc(Cn3cncn3)cc12)C(Cc1ccccc1)CC1CCCCN1OC(=O)C(=O)O. The number of rotatable bonds is 11. The van der Waals surface area contributed by atoms with Crippen molar-refractivity contribution in [3.63, 3.8) is 0 Å². The van der Waals surface area contributed by atoms with Crippen molar-refractivity contribution in [1.29, 1.82) is 0 Å². The van der Waals surface area contributed by atoms with Crippen LogP contribution in [0.5, 0.6) is 0 Å². The zero-order chi connectivity index (χ0) is 27.9. The lowest BCUT2D eigenvalue weighted by atomic mass is 9.77. The number of fused-ring (bicyclic) bond motifs is 1. The van der Waals surface area contributed by atoms with Gasteiger partial charge in [0.1, 0.15) is 12.7 Å². The number of carboxylic acids is 1. The summed E-state index contributed by atoms with van der Waals surface area (Å²) in [5, 5.41) is 19.6. The first-order chi connectivity index (χ1) is 19.5. The number of hydrogen-bond acceptors (Lipinski definition) is 7. The Bertz CT molecular complexity index is 1400. The molecule has 3 atom stereocenters. The van der Waals surface area contributed by atoms with E-state index in [2.05, 4.69) is 69.0 Å². The minimum atomic E-state index is -1.57. The second-order valence-corrected chi connectivity index (χ2v) is 10.5. The molecule has 3 heterocycles. The van der Waals surface area contributed by atoms with Gasteiger partial charge in [0.05, 0.1) is 6.54 Å². The van der Waals surface area contributed by atoms with Crippen molar-refractivity contribution in [2.24, 2.45) is 5.92 Å². The molecule has 2 aromatic heterocycles. The van der Waals surface area contributed by atoms with Gasteiger partial charge in [0.25, 0.3) is 0 Å². The lowest BCUT2D eigenvalue weighted by Gasteiger charge is -2.37. The minimum absolute atomic E-state index is 0.0572. The number of benzene rings is 2. The van der Waals surface area contributed by atoms with Gasteiger partial charge in [-0.25, -0.2) is 19.3 Å². The lowest BCUT2D eigenvalue weighted by molar-refractivity contribution is -0.214. The van der Waals surface area contributed by atoms with E-state index in [9.17, 15) is 9.59 Å². The molecule has 1 saturated heterocycles. The molecular weight excluding hydrogens is 508 g/mol. The van der Waals surface area contributed by atoms with Crippen LogP contribution in [0.2, 0.25) is 0 Å². The number of carbonyl (C=O) groups excluding carboxylic acids is 1. The fraction of sp³-hybridized carbons (Fsp3) is 0.400. The summed E-state index contributed by atoms with van der Waals surface area (Å²) in [4.78, 5) is 36.1. The lowest BCUT2D eigenvalue weighted by Crippen LogP contribution is -2.44. The summed E-state index contributed by atoms with van der Waals surface area (Å²) in [6, 6.07) is 16.8. The summed E-state index contributed by atoms with van der Waals surface area (Å²) in [7, 11) is 1.97. The molecule has 2 aromatic carbocycles. The number of hydroxylamine groups is 2. The van der Waals surface area contributed by atoms with E-state index in [1.807, 2.05) is 17.8 Å². The van der Waals surface area contributed by atoms with Gasteiger partial charge in [-0.3, -0.25) is 0 Å². The fourth-order valence-electron chi connectivity index (χ4n) is 5.98. The number of aromatic amines is 1. The molecule has 0 spiro atoms. The number of aliphatic carboxylic acids is 1. The quantitative estimate of drug-likeness (QED) is 0.244. The van der Waals surface area contributed by atoms with Gasteiger partial charge in [0, 0.05) is 42.1 Å². The Kier molecular flexibility index (Phi) is 8.87. The van der Waals surface area contributed by atoms with Crippen molar-refractivity contribution >= 4 is 22.8 Å². The third kappa shape index (κ3) is 6.57. The molecule has 0 aliphatic carbocycles. The van der Waals surface area contributed by atoms with Gasteiger partial charge in [-0.05, 0) is 67.5 Å². The van der Waals surface area contributed by atoms with Crippen LogP contribution in [0.15, 0.2) is 67.4 Å². The number of aromatic nitrogens is 4. The molecule has 0 saturated carbocycles. The Morgan fingerprint density at radius 1 is 1.18 bits per heavy atom. The highest BCUT2D eigenvalue weighted by molar-refractivity contribution is 6.28. The highest BCUT2D eigenvalue weighted by atomic mass is 16.7. The Balaban J connectivity index is 1.48. The summed E-state index contributed by atoms with van der Waals surface area (Å²) >= 11 is 0. The first-order valence-corrected chi connectivity index (χ1v) is 13.8. The van der Waals surface area contributed by atoms with Crippen LogP contribution in [0, 0.1) is 5.92 Å². The number of nitrogens with zero attached hydrogens (tertiary/aromatic N) is 4. The molecule has 3 unspecified atom stereocenters. The van der Waals surface area contributed by atoms with Crippen LogP contribution in [-0.2, 0) is 27.4 Å². The highest BCUT2D eigenvalue weighted by Crippen LogP contribution is 2.37. The number of H-pyrrole nitrogens is 1. The molecule has 210 valence electrons. The van der Waals surface area contributed by atoms with E-state index in [0.29, 0.717) is 13.1 Å². The van der Waals surface area contributed by atoms with Crippen molar-refractivity contribution < 1.29 is 19.5 Å². The predicted octanol–water partition coefficient (Wildman–Crippen LogP) is 3.76. The molecule has 5 rings (SSSR count). The summed E-state index contributed by atoms with van der Waals surface area (Å²) in [6.07, 6.45) is 9.71. The second-order valence-electron chi connectivity index (χ2n) is 10.5. The van der Waals surface area contributed by atoms with Crippen LogP contribution in [0.25, 0.3) is 10.9 Å². The van der Waals surface area contributed by atoms with Gasteiger partial charge in [0.2, 0.25) is 0 Å². The third-order valence-electron chi connectivity index (χ3n) is 7.85. The molecule has 1 fully saturated rings. The molecule has 40 heavy (non-hydrogen) atoms. The number of carbonyl (C=O) groups is 2. The van der Waals surface area contributed by atoms with E-state index in [0.717, 1.165) is 49.7 Å². The van der Waals surface area contributed by atoms with Gasteiger partial charge >= 0.3 is 11.9 Å². The van der Waals surface area contributed by atoms with Crippen LogP contribution in [-0.4, -0.2) is 68.0 Å². The maximum absolute atomic E-state index is 12.0. The van der Waals surface area contributed by atoms with Crippen LogP contribution in [0.1, 0.15) is 48.3 Å². The monoisotopic (exact) mass is 544 g/mol. The summed E-state index contributed by atoms with van der Waals surface area (Å²) < 4.78 is 1.81. The van der Waals surface area contributed by atoms with Crippen LogP contribution in [0.4, 0.5) is 0 Å². The number of carboxylic acid groups (broad SMARTS) is 1. The van der Waals surface area contributed by atoms with Crippen molar-refractivity contribution in [3.05, 3.63) is 84.1 Å². The molecule has 10 nitrogen and oxygen atoms in total. The maximum atomic E-state index is 12.0. The van der Waals surface area contributed by atoms with Crippen molar-refractivity contribution in [2.75, 3.05) is 20.1 Å². The number of piperidine rings is 1. The largest absolute Gasteiger partial charge is 0.473 e. The average Bonchev–Trinajstić information content (AvgIpc) is 3.63. The molecular formula is C30H36N6O4. The van der Waals surface area contributed by atoms with Crippen molar-refractivity contribution in [3.8, 4) is 0 Å². The van der Waals surface area contributed by atoms with Gasteiger partial charge in [-0.1, -0.05) is 42.8 Å². The van der Waals surface area contributed by atoms with Crippen LogP contribution in [0.3, 0.4) is 0 Å². The minimum Gasteiger partial charge on any atom is -0.473 e. The Hall–Kier alpha value is -4.02. The van der Waals surface area contributed by atoms with Gasteiger partial charge in [-0.2, -0.15) is 5.10 Å². The molecule has 10 heteroatoms. The van der Waals surface area contributed by atoms with E-state index in [1.54, 1.807) is 17.7 Å². The van der Waals surface area contributed by atoms with E-state index < -0.39 is 11.9 Å². The maximum Gasteiger partial charge on any atom is 0.436 e. The Labute approximate surface area is 233 Å². The second kappa shape index (κ2) is 12.9. The Morgan fingerprint density at radius 3 is 2.77 bits per heavy atom. The van der Waals surface area contributed by atoms with Crippen molar-refractivity contribution in [2.45, 2.75) is 50.6 Å². The first-order valence-electron chi connectivity index (χ1n) is 13.8. The zero-order valence-electron chi connectivity index (χ0n) is 22.7. The number of hydrogen-bond donors (Lipinski definition) is 3. The fourth-order valence-corrected chi connectivity index (χ4v) is 5.98. The van der Waals surface area contributed by atoms with Crippen LogP contribution < -0.4 is 5.32 Å². The highest BCUT2D eigenvalue weighted by Gasteiger charge is 2.34. The topological polar surface area (TPSA) is 125 Å². The summed E-state index contributed by atoms with van der Waals surface area (Å²) in [5.74, 6) is -2.45. The van der Waals surface area contributed by atoms with E-state index in [-0.39, 0.29) is 17.9 Å². The predicted molar refractivity (Wildman–Crippen MR) is 150 cm³/mol. The molecule has 0 bridgehead atoms. The average molecular weight is 545 g/mol. The van der Waals surface area contributed by atoms with Gasteiger partial charge in [-0.15, -0.1) is 5.06 Å². The van der Waals surface area contributed by atoms with Crippen molar-refractivity contribution in [1.82, 2.24) is 30.1 Å².